The number of rotatable bonds is 7. The van der Waals surface area contributed by atoms with Gasteiger partial charge in [0.05, 0.1) is 23.1 Å². The second-order valence-electron chi connectivity index (χ2n) is 6.20. The molecule has 8 heteroatoms. The van der Waals surface area contributed by atoms with Gasteiger partial charge in [-0.25, -0.2) is 13.2 Å². The van der Waals surface area contributed by atoms with Crippen LogP contribution in [0.25, 0.3) is 0 Å². The number of anilines is 1. The fraction of sp³-hybridized carbons (Fsp3) is 0.300. The van der Waals surface area contributed by atoms with Crippen LogP contribution in [0.4, 0.5) is 5.69 Å². The maximum Gasteiger partial charge on any atom is 0.338 e. The number of esters is 1. The first-order valence-electron chi connectivity index (χ1n) is 8.89. The minimum Gasteiger partial charge on any atom is -0.462 e. The van der Waals surface area contributed by atoms with Gasteiger partial charge in [0, 0.05) is 11.9 Å². The predicted molar refractivity (Wildman–Crippen MR) is 114 cm³/mol. The third-order valence-corrected chi connectivity index (χ3v) is 5.40. The van der Waals surface area contributed by atoms with Crippen LogP contribution in [0.15, 0.2) is 53.4 Å². The first-order chi connectivity index (χ1) is 13.2. The number of ether oxygens (including phenoxy) is 1. The van der Waals surface area contributed by atoms with Crippen molar-refractivity contribution in [3.8, 4) is 0 Å². The van der Waals surface area contributed by atoms with E-state index in [4.69, 9.17) is 17.0 Å². The van der Waals surface area contributed by atoms with Gasteiger partial charge in [0.15, 0.2) is 14.9 Å². The SMILES string of the molecule is CCOC(=O)c1cccc(NC(=S)NC(CC)c2ccc(S(C)(=O)=O)cc2)c1. The fourth-order valence-electron chi connectivity index (χ4n) is 2.63. The highest BCUT2D eigenvalue weighted by Gasteiger charge is 2.13. The number of nitrogens with one attached hydrogen (secondary N) is 2. The molecule has 150 valence electrons. The number of carbonyl (C=O) groups excluding carboxylic acids is 1. The number of thiocarbonyl (C=S) groups is 1. The van der Waals surface area contributed by atoms with E-state index in [9.17, 15) is 13.2 Å². The minimum absolute atomic E-state index is 0.0816. The van der Waals surface area contributed by atoms with E-state index in [2.05, 4.69) is 10.6 Å². The van der Waals surface area contributed by atoms with Gasteiger partial charge in [-0.2, -0.15) is 0 Å². The molecule has 28 heavy (non-hydrogen) atoms. The van der Waals surface area contributed by atoms with Crippen molar-refractivity contribution < 1.29 is 17.9 Å². The van der Waals surface area contributed by atoms with Crippen LogP contribution in [0.3, 0.4) is 0 Å². The molecule has 2 rings (SSSR count). The lowest BCUT2D eigenvalue weighted by Crippen LogP contribution is -2.32. The lowest BCUT2D eigenvalue weighted by molar-refractivity contribution is 0.0526. The largest absolute Gasteiger partial charge is 0.462 e. The molecule has 1 atom stereocenters. The van der Waals surface area contributed by atoms with Gasteiger partial charge < -0.3 is 15.4 Å². The smallest absolute Gasteiger partial charge is 0.338 e. The normalized spacial score (nSPS) is 12.1. The standard InChI is InChI=1S/C20H24N2O4S2/c1-4-18(14-9-11-17(12-10-14)28(3,24)25)22-20(27)21-16-8-6-7-15(13-16)19(23)26-5-2/h6-13,18H,4-5H2,1-3H3,(H2,21,22,27). The van der Waals surface area contributed by atoms with E-state index in [1.165, 1.54) is 6.26 Å². The van der Waals surface area contributed by atoms with Gasteiger partial charge >= 0.3 is 5.97 Å². The average molecular weight is 421 g/mol. The summed E-state index contributed by atoms with van der Waals surface area (Å²) in [5, 5.41) is 6.69. The molecule has 0 radical (unpaired) electrons. The monoisotopic (exact) mass is 420 g/mol. The van der Waals surface area contributed by atoms with E-state index in [1.54, 1.807) is 55.5 Å². The lowest BCUT2D eigenvalue weighted by Gasteiger charge is -2.20. The van der Waals surface area contributed by atoms with Gasteiger partial charge in [0.2, 0.25) is 0 Å². The molecule has 0 saturated heterocycles. The molecule has 0 amide bonds. The Hall–Kier alpha value is -2.45. The van der Waals surface area contributed by atoms with Crippen LogP contribution in [0.2, 0.25) is 0 Å². The second kappa shape index (κ2) is 9.66. The molecule has 0 fully saturated rings. The number of carbonyl (C=O) groups is 1. The zero-order chi connectivity index (χ0) is 20.7. The highest BCUT2D eigenvalue weighted by Crippen LogP contribution is 2.20. The molecule has 0 aliphatic heterocycles. The van der Waals surface area contributed by atoms with Gasteiger partial charge in [-0.3, -0.25) is 0 Å². The van der Waals surface area contributed by atoms with Crippen molar-refractivity contribution in [2.24, 2.45) is 0 Å². The molecule has 0 bridgehead atoms. The number of hydrogen-bond donors (Lipinski definition) is 2. The summed E-state index contributed by atoms with van der Waals surface area (Å²) in [5.41, 5.74) is 2.04. The van der Waals surface area contributed by atoms with Crippen molar-refractivity contribution in [2.45, 2.75) is 31.2 Å². The molecule has 0 aliphatic carbocycles. The molecule has 0 saturated carbocycles. The van der Waals surface area contributed by atoms with Crippen molar-refractivity contribution in [2.75, 3.05) is 18.2 Å². The summed E-state index contributed by atoms with van der Waals surface area (Å²) < 4.78 is 28.2. The van der Waals surface area contributed by atoms with E-state index < -0.39 is 9.84 Å². The summed E-state index contributed by atoms with van der Waals surface area (Å²) >= 11 is 5.39. The molecule has 1 unspecified atom stereocenters. The first kappa shape index (κ1) is 21.8. The van der Waals surface area contributed by atoms with Crippen LogP contribution in [0.5, 0.6) is 0 Å². The summed E-state index contributed by atoms with van der Waals surface area (Å²) in [4.78, 5) is 12.1. The highest BCUT2D eigenvalue weighted by molar-refractivity contribution is 7.90. The van der Waals surface area contributed by atoms with Gasteiger partial charge in [0.1, 0.15) is 0 Å². The Morgan fingerprint density at radius 2 is 1.82 bits per heavy atom. The van der Waals surface area contributed by atoms with E-state index in [0.29, 0.717) is 23.0 Å². The second-order valence-corrected chi connectivity index (χ2v) is 8.63. The molecular formula is C20H24N2O4S2. The van der Waals surface area contributed by atoms with Gasteiger partial charge in [0.25, 0.3) is 0 Å². The lowest BCUT2D eigenvalue weighted by atomic mass is 10.1. The summed E-state index contributed by atoms with van der Waals surface area (Å²) in [6.45, 7) is 4.07. The third kappa shape index (κ3) is 6.03. The van der Waals surface area contributed by atoms with Crippen molar-refractivity contribution in [3.05, 3.63) is 59.7 Å². The Bertz CT molecular complexity index is 941. The molecule has 2 aromatic carbocycles. The molecule has 0 heterocycles. The maximum atomic E-state index is 11.8. The summed E-state index contributed by atoms with van der Waals surface area (Å²) in [6, 6.07) is 13.6. The van der Waals surface area contributed by atoms with Gasteiger partial charge in [-0.05, 0) is 61.5 Å². The van der Waals surface area contributed by atoms with Crippen molar-refractivity contribution in [3.63, 3.8) is 0 Å². The molecule has 0 aliphatic rings. The van der Waals surface area contributed by atoms with Crippen LogP contribution in [0, 0.1) is 0 Å². The Morgan fingerprint density at radius 1 is 1.14 bits per heavy atom. The number of benzene rings is 2. The first-order valence-corrected chi connectivity index (χ1v) is 11.2. The molecule has 2 aromatic rings. The van der Waals surface area contributed by atoms with Gasteiger partial charge in [-0.15, -0.1) is 0 Å². The van der Waals surface area contributed by atoms with Gasteiger partial charge in [-0.1, -0.05) is 25.1 Å². The van der Waals surface area contributed by atoms with Crippen LogP contribution < -0.4 is 10.6 Å². The molecular weight excluding hydrogens is 396 g/mol. The predicted octanol–water partition coefficient (Wildman–Crippen LogP) is 3.70. The molecule has 0 spiro atoms. The summed E-state index contributed by atoms with van der Waals surface area (Å²) in [5.74, 6) is -0.387. The highest BCUT2D eigenvalue weighted by atomic mass is 32.2. The Labute approximate surface area is 171 Å². The van der Waals surface area contributed by atoms with Crippen molar-refractivity contribution in [1.29, 1.82) is 0 Å². The van der Waals surface area contributed by atoms with Crippen molar-refractivity contribution >= 4 is 38.8 Å². The summed E-state index contributed by atoms with van der Waals surface area (Å²) in [7, 11) is -3.23. The summed E-state index contributed by atoms with van der Waals surface area (Å²) in [6.07, 6.45) is 1.93. The van der Waals surface area contributed by atoms with E-state index in [-0.39, 0.29) is 16.9 Å². The van der Waals surface area contributed by atoms with Crippen molar-refractivity contribution in [1.82, 2.24) is 5.32 Å². The average Bonchev–Trinajstić information content (AvgIpc) is 2.66. The van der Waals surface area contributed by atoms with E-state index in [0.717, 1.165) is 12.0 Å². The van der Waals surface area contributed by atoms with Crippen LogP contribution in [0.1, 0.15) is 42.2 Å². The minimum atomic E-state index is -3.23. The fourth-order valence-corrected chi connectivity index (χ4v) is 3.52. The Balaban J connectivity index is 2.06. The topological polar surface area (TPSA) is 84.5 Å². The Morgan fingerprint density at radius 3 is 2.39 bits per heavy atom. The number of hydrogen-bond acceptors (Lipinski definition) is 5. The number of sulfone groups is 1. The van der Waals surface area contributed by atoms with E-state index >= 15 is 0 Å². The zero-order valence-electron chi connectivity index (χ0n) is 16.1. The quantitative estimate of drug-likeness (QED) is 0.522. The van der Waals surface area contributed by atoms with Crippen LogP contribution >= 0.6 is 12.2 Å². The zero-order valence-corrected chi connectivity index (χ0v) is 17.7. The van der Waals surface area contributed by atoms with E-state index in [1.807, 2.05) is 6.92 Å². The van der Waals surface area contributed by atoms with Crippen LogP contribution in [-0.4, -0.2) is 32.4 Å². The molecule has 0 aromatic heterocycles. The molecule has 2 N–H and O–H groups in total. The Kier molecular flexibility index (Phi) is 7.53. The maximum absolute atomic E-state index is 11.8. The third-order valence-electron chi connectivity index (χ3n) is 4.06. The van der Waals surface area contributed by atoms with Crippen LogP contribution in [-0.2, 0) is 14.6 Å². The molecule has 6 nitrogen and oxygen atoms in total.